The summed E-state index contributed by atoms with van der Waals surface area (Å²) in [4.78, 5) is 20.8. The molecule has 1 atom stereocenters. The van der Waals surface area contributed by atoms with Gasteiger partial charge in [-0.05, 0) is 44.4 Å². The highest BCUT2D eigenvalue weighted by Crippen LogP contribution is 2.33. The molecule has 1 N–H and O–H groups in total. The van der Waals surface area contributed by atoms with E-state index in [2.05, 4.69) is 9.97 Å². The van der Waals surface area contributed by atoms with Crippen molar-refractivity contribution < 1.29 is 14.4 Å². The maximum absolute atomic E-state index is 13.6. The number of aromatic nitrogens is 2. The molecule has 0 saturated carbocycles. The van der Waals surface area contributed by atoms with Crippen LogP contribution in [0.5, 0.6) is 0 Å². The first-order chi connectivity index (χ1) is 11.5. The lowest BCUT2D eigenvalue weighted by Gasteiger charge is -2.20. The maximum atomic E-state index is 13.6. The number of allylic oxidation sites excluding steroid dienone is 1. The second kappa shape index (κ2) is 6.49. The largest absolute Gasteiger partial charge is 0.281 e. The number of hydroxylamine groups is 1. The van der Waals surface area contributed by atoms with Gasteiger partial charge < -0.3 is 0 Å². The molecule has 0 aliphatic heterocycles. The van der Waals surface area contributed by atoms with Crippen molar-refractivity contribution in [2.75, 3.05) is 5.06 Å². The summed E-state index contributed by atoms with van der Waals surface area (Å²) in [6.45, 7) is 3.34. The molecule has 1 aromatic carbocycles. The summed E-state index contributed by atoms with van der Waals surface area (Å²) in [6, 6.07) is 4.28. The van der Waals surface area contributed by atoms with Gasteiger partial charge in [0.25, 0.3) is 5.91 Å². The highest BCUT2D eigenvalue weighted by molar-refractivity contribution is 5.96. The van der Waals surface area contributed by atoms with Crippen LogP contribution in [0.15, 0.2) is 36.7 Å². The Kier molecular flexibility index (Phi) is 4.40. The summed E-state index contributed by atoms with van der Waals surface area (Å²) in [5, 5.41) is 10.8. The number of anilines is 1. The van der Waals surface area contributed by atoms with Crippen LogP contribution in [0.3, 0.4) is 0 Å². The third kappa shape index (κ3) is 3.05. The molecule has 5 nitrogen and oxygen atoms in total. The van der Waals surface area contributed by atoms with E-state index in [1.54, 1.807) is 12.4 Å². The fourth-order valence-corrected chi connectivity index (χ4v) is 2.82. The van der Waals surface area contributed by atoms with Gasteiger partial charge in [0.05, 0.1) is 11.6 Å². The van der Waals surface area contributed by atoms with Gasteiger partial charge in [0.1, 0.15) is 11.6 Å². The second-order valence-corrected chi connectivity index (χ2v) is 5.89. The minimum Gasteiger partial charge on any atom is -0.281 e. The molecule has 1 heterocycles. The molecule has 0 radical (unpaired) electrons. The molecule has 1 aliphatic carbocycles. The maximum Gasteiger partial charge on any atom is 0.257 e. The number of carbonyl (C=O) groups is 1. The number of nitrogens with zero attached hydrogens (tertiary/aromatic N) is 3. The Morgan fingerprint density at radius 3 is 2.71 bits per heavy atom. The SMILES string of the molecule is Cc1ncc(C2=CC(C(=O)N(O)c3cccc(F)c3C)CC2)cn1. The Morgan fingerprint density at radius 1 is 1.29 bits per heavy atom. The number of aryl methyl sites for hydroxylation is 1. The molecule has 24 heavy (non-hydrogen) atoms. The van der Waals surface area contributed by atoms with E-state index in [4.69, 9.17) is 0 Å². The van der Waals surface area contributed by atoms with Gasteiger partial charge in [-0.1, -0.05) is 12.1 Å². The molecular formula is C18H18FN3O2. The third-order valence-electron chi connectivity index (χ3n) is 4.27. The first-order valence-electron chi connectivity index (χ1n) is 7.75. The standard InChI is InChI=1S/C18H18FN3O2/c1-11-16(19)4-3-5-17(11)22(24)18(23)14-7-6-13(8-14)15-9-20-12(2)21-10-15/h3-5,8-10,14,24H,6-7H2,1-2H3. The van der Waals surface area contributed by atoms with Crippen LogP contribution in [-0.2, 0) is 4.79 Å². The quantitative estimate of drug-likeness (QED) is 0.692. The number of rotatable bonds is 3. The zero-order valence-corrected chi connectivity index (χ0v) is 13.5. The minimum absolute atomic E-state index is 0.167. The van der Waals surface area contributed by atoms with Gasteiger partial charge in [-0.2, -0.15) is 5.06 Å². The van der Waals surface area contributed by atoms with Crippen LogP contribution in [0.4, 0.5) is 10.1 Å². The molecule has 2 aromatic rings. The van der Waals surface area contributed by atoms with Gasteiger partial charge in [0.2, 0.25) is 0 Å². The first-order valence-corrected chi connectivity index (χ1v) is 7.75. The molecule has 124 valence electrons. The molecule has 0 bridgehead atoms. The van der Waals surface area contributed by atoms with Gasteiger partial charge in [-0.15, -0.1) is 0 Å². The van der Waals surface area contributed by atoms with E-state index < -0.39 is 17.6 Å². The summed E-state index contributed by atoms with van der Waals surface area (Å²) < 4.78 is 13.6. The van der Waals surface area contributed by atoms with E-state index in [9.17, 15) is 14.4 Å². The number of carbonyl (C=O) groups excluding carboxylic acids is 1. The fourth-order valence-electron chi connectivity index (χ4n) is 2.82. The third-order valence-corrected chi connectivity index (χ3v) is 4.27. The lowest BCUT2D eigenvalue weighted by Crippen LogP contribution is -2.32. The summed E-state index contributed by atoms with van der Waals surface area (Å²) in [7, 11) is 0. The van der Waals surface area contributed by atoms with Crippen molar-refractivity contribution in [3.63, 3.8) is 0 Å². The summed E-state index contributed by atoms with van der Waals surface area (Å²) in [6.07, 6.45) is 6.59. The van der Waals surface area contributed by atoms with Crippen molar-refractivity contribution in [1.82, 2.24) is 9.97 Å². The topological polar surface area (TPSA) is 66.3 Å². The Bertz CT molecular complexity index is 802. The van der Waals surface area contributed by atoms with E-state index in [1.165, 1.54) is 25.1 Å². The number of halogens is 1. The van der Waals surface area contributed by atoms with E-state index in [0.29, 0.717) is 23.7 Å². The van der Waals surface area contributed by atoms with E-state index in [1.807, 2.05) is 13.0 Å². The van der Waals surface area contributed by atoms with Crippen molar-refractivity contribution in [2.24, 2.45) is 5.92 Å². The highest BCUT2D eigenvalue weighted by atomic mass is 19.1. The van der Waals surface area contributed by atoms with Crippen LogP contribution < -0.4 is 5.06 Å². The fraction of sp³-hybridized carbons (Fsp3) is 0.278. The number of hydrogen-bond donors (Lipinski definition) is 1. The monoisotopic (exact) mass is 327 g/mol. The van der Waals surface area contributed by atoms with Crippen molar-refractivity contribution in [3.05, 3.63) is 59.4 Å². The summed E-state index contributed by atoms with van der Waals surface area (Å²) in [5.41, 5.74) is 2.27. The summed E-state index contributed by atoms with van der Waals surface area (Å²) in [5.74, 6) is -0.687. The first kappa shape index (κ1) is 16.3. The predicted octanol–water partition coefficient (Wildman–Crippen LogP) is 3.45. The van der Waals surface area contributed by atoms with Crippen LogP contribution >= 0.6 is 0 Å². The second-order valence-electron chi connectivity index (χ2n) is 5.89. The molecule has 0 saturated heterocycles. The minimum atomic E-state index is -0.466. The van der Waals surface area contributed by atoms with Crippen molar-refractivity contribution in [2.45, 2.75) is 26.7 Å². The molecule has 3 rings (SSSR count). The Labute approximate surface area is 139 Å². The van der Waals surface area contributed by atoms with Crippen molar-refractivity contribution in [1.29, 1.82) is 0 Å². The molecule has 6 heteroatoms. The van der Waals surface area contributed by atoms with E-state index in [-0.39, 0.29) is 11.3 Å². The van der Waals surface area contributed by atoms with Crippen molar-refractivity contribution in [3.8, 4) is 0 Å². The predicted molar refractivity (Wildman–Crippen MR) is 87.9 cm³/mol. The Hall–Kier alpha value is -2.60. The van der Waals surface area contributed by atoms with E-state index >= 15 is 0 Å². The number of hydrogen-bond acceptors (Lipinski definition) is 4. The zero-order chi connectivity index (χ0) is 17.3. The van der Waals surface area contributed by atoms with Gasteiger partial charge in [0, 0.05) is 23.5 Å². The molecule has 1 amide bonds. The average molecular weight is 327 g/mol. The van der Waals surface area contributed by atoms with E-state index in [0.717, 1.165) is 11.1 Å². The van der Waals surface area contributed by atoms with Crippen LogP contribution in [0.1, 0.15) is 29.8 Å². The molecule has 0 fully saturated rings. The van der Waals surface area contributed by atoms with Gasteiger partial charge in [-0.25, -0.2) is 14.4 Å². The Morgan fingerprint density at radius 2 is 2.00 bits per heavy atom. The van der Waals surface area contributed by atoms with Crippen LogP contribution in [0, 0.1) is 25.6 Å². The zero-order valence-electron chi connectivity index (χ0n) is 13.5. The Balaban J connectivity index is 1.80. The van der Waals surface area contributed by atoms with Crippen molar-refractivity contribution >= 4 is 17.2 Å². The number of amides is 1. The number of benzene rings is 1. The average Bonchev–Trinajstić information content (AvgIpc) is 3.06. The lowest BCUT2D eigenvalue weighted by atomic mass is 10.1. The molecular weight excluding hydrogens is 309 g/mol. The summed E-state index contributed by atoms with van der Waals surface area (Å²) >= 11 is 0. The van der Waals surface area contributed by atoms with Gasteiger partial charge in [0.15, 0.2) is 0 Å². The lowest BCUT2D eigenvalue weighted by molar-refractivity contribution is -0.126. The van der Waals surface area contributed by atoms with Crippen LogP contribution in [-0.4, -0.2) is 21.1 Å². The highest BCUT2D eigenvalue weighted by Gasteiger charge is 2.28. The van der Waals surface area contributed by atoms with Gasteiger partial charge >= 0.3 is 0 Å². The molecule has 1 aromatic heterocycles. The molecule has 0 spiro atoms. The van der Waals surface area contributed by atoms with Crippen LogP contribution in [0.2, 0.25) is 0 Å². The van der Waals surface area contributed by atoms with Crippen LogP contribution in [0.25, 0.3) is 5.57 Å². The normalized spacial score (nSPS) is 16.8. The molecule has 1 aliphatic rings. The van der Waals surface area contributed by atoms with Gasteiger partial charge in [-0.3, -0.25) is 10.0 Å². The molecule has 1 unspecified atom stereocenters. The smallest absolute Gasteiger partial charge is 0.257 e.